The topological polar surface area (TPSA) is 12.0 Å². The SMILES string of the molecule is CCNC(C)/C=C/c1c(F)cccc1F. The maximum absolute atomic E-state index is 13.2. The van der Waals surface area contributed by atoms with Crippen LogP contribution in [0.25, 0.3) is 6.08 Å². The minimum atomic E-state index is -0.532. The van der Waals surface area contributed by atoms with Gasteiger partial charge in [0.2, 0.25) is 0 Å². The Bertz CT molecular complexity index is 327. The zero-order valence-corrected chi connectivity index (χ0v) is 8.93. The molecule has 1 aromatic rings. The van der Waals surface area contributed by atoms with Gasteiger partial charge < -0.3 is 5.32 Å². The second-order valence-electron chi connectivity index (χ2n) is 3.34. The van der Waals surface area contributed by atoms with E-state index >= 15 is 0 Å². The van der Waals surface area contributed by atoms with Crippen molar-refractivity contribution in [2.24, 2.45) is 0 Å². The molecule has 15 heavy (non-hydrogen) atoms. The van der Waals surface area contributed by atoms with E-state index in [1.165, 1.54) is 24.3 Å². The molecule has 0 aliphatic carbocycles. The van der Waals surface area contributed by atoms with Gasteiger partial charge in [-0.3, -0.25) is 0 Å². The standard InChI is InChI=1S/C12H15F2N/c1-3-15-9(2)7-8-10-11(13)5-4-6-12(10)14/h4-9,15H,3H2,1-2H3/b8-7+. The number of rotatable bonds is 4. The maximum Gasteiger partial charge on any atom is 0.133 e. The lowest BCUT2D eigenvalue weighted by atomic mass is 10.1. The van der Waals surface area contributed by atoms with Crippen LogP contribution in [0.4, 0.5) is 8.78 Å². The molecule has 0 saturated heterocycles. The normalized spacial score (nSPS) is 13.3. The Kier molecular flexibility index (Phi) is 4.43. The zero-order valence-electron chi connectivity index (χ0n) is 8.93. The van der Waals surface area contributed by atoms with Gasteiger partial charge in [0.15, 0.2) is 0 Å². The minimum Gasteiger partial charge on any atom is -0.311 e. The molecule has 0 amide bonds. The first-order valence-corrected chi connectivity index (χ1v) is 5.00. The van der Waals surface area contributed by atoms with Gasteiger partial charge in [-0.1, -0.05) is 25.1 Å². The first kappa shape index (κ1) is 11.9. The zero-order chi connectivity index (χ0) is 11.3. The van der Waals surface area contributed by atoms with Gasteiger partial charge in [0.25, 0.3) is 0 Å². The third kappa shape index (κ3) is 3.44. The first-order valence-electron chi connectivity index (χ1n) is 5.00. The fourth-order valence-electron chi connectivity index (χ4n) is 1.30. The third-order valence-electron chi connectivity index (χ3n) is 2.08. The fourth-order valence-corrected chi connectivity index (χ4v) is 1.30. The fraction of sp³-hybridized carbons (Fsp3) is 0.333. The van der Waals surface area contributed by atoms with Gasteiger partial charge in [-0.15, -0.1) is 0 Å². The van der Waals surface area contributed by atoms with Gasteiger partial charge in [-0.2, -0.15) is 0 Å². The smallest absolute Gasteiger partial charge is 0.133 e. The number of likely N-dealkylation sites (N-methyl/N-ethyl adjacent to an activating group) is 1. The molecule has 0 bridgehead atoms. The van der Waals surface area contributed by atoms with Crippen molar-refractivity contribution in [2.45, 2.75) is 19.9 Å². The van der Waals surface area contributed by atoms with Crippen molar-refractivity contribution in [2.75, 3.05) is 6.54 Å². The summed E-state index contributed by atoms with van der Waals surface area (Å²) in [6, 6.07) is 3.96. The molecule has 0 fully saturated rings. The molecule has 1 atom stereocenters. The summed E-state index contributed by atoms with van der Waals surface area (Å²) >= 11 is 0. The predicted octanol–water partition coefficient (Wildman–Crippen LogP) is 2.98. The van der Waals surface area contributed by atoms with Crippen LogP contribution in [0.2, 0.25) is 0 Å². The Balaban J connectivity index is 2.80. The summed E-state index contributed by atoms with van der Waals surface area (Å²) in [5.41, 5.74) is 0.0160. The van der Waals surface area contributed by atoms with Crippen LogP contribution >= 0.6 is 0 Å². The van der Waals surface area contributed by atoms with Crippen LogP contribution in [0.1, 0.15) is 19.4 Å². The van der Waals surface area contributed by atoms with E-state index in [1.54, 1.807) is 6.08 Å². The van der Waals surface area contributed by atoms with Crippen molar-refractivity contribution in [1.82, 2.24) is 5.32 Å². The van der Waals surface area contributed by atoms with E-state index < -0.39 is 11.6 Å². The molecule has 1 aromatic carbocycles. The molecule has 1 N–H and O–H groups in total. The summed E-state index contributed by atoms with van der Waals surface area (Å²) in [4.78, 5) is 0. The molecule has 82 valence electrons. The molecular formula is C12H15F2N. The monoisotopic (exact) mass is 211 g/mol. The van der Waals surface area contributed by atoms with E-state index in [4.69, 9.17) is 0 Å². The lowest BCUT2D eigenvalue weighted by Crippen LogP contribution is -2.22. The Morgan fingerprint density at radius 3 is 2.47 bits per heavy atom. The van der Waals surface area contributed by atoms with Crippen LogP contribution in [0.15, 0.2) is 24.3 Å². The van der Waals surface area contributed by atoms with Crippen molar-refractivity contribution >= 4 is 6.08 Å². The maximum atomic E-state index is 13.2. The van der Waals surface area contributed by atoms with Crippen molar-refractivity contribution in [1.29, 1.82) is 0 Å². The molecule has 0 heterocycles. The van der Waals surface area contributed by atoms with E-state index in [2.05, 4.69) is 5.32 Å². The quantitative estimate of drug-likeness (QED) is 0.807. The Hall–Kier alpha value is -1.22. The number of hydrogen-bond acceptors (Lipinski definition) is 1. The molecule has 3 heteroatoms. The molecule has 0 radical (unpaired) electrons. The molecule has 1 unspecified atom stereocenters. The van der Waals surface area contributed by atoms with Crippen LogP contribution in [-0.2, 0) is 0 Å². The highest BCUT2D eigenvalue weighted by Gasteiger charge is 2.04. The summed E-state index contributed by atoms with van der Waals surface area (Å²) in [7, 11) is 0. The van der Waals surface area contributed by atoms with Crippen molar-refractivity contribution < 1.29 is 8.78 Å². The van der Waals surface area contributed by atoms with Crippen LogP contribution in [-0.4, -0.2) is 12.6 Å². The predicted molar refractivity (Wildman–Crippen MR) is 58.5 cm³/mol. The number of benzene rings is 1. The van der Waals surface area contributed by atoms with Gasteiger partial charge in [-0.25, -0.2) is 8.78 Å². The lowest BCUT2D eigenvalue weighted by molar-refractivity contribution is 0.578. The summed E-state index contributed by atoms with van der Waals surface area (Å²) in [6.07, 6.45) is 3.21. The highest BCUT2D eigenvalue weighted by molar-refractivity contribution is 5.51. The van der Waals surface area contributed by atoms with Gasteiger partial charge in [0.05, 0.1) is 0 Å². The number of halogens is 2. The molecule has 0 saturated carbocycles. The van der Waals surface area contributed by atoms with Gasteiger partial charge >= 0.3 is 0 Å². The average Bonchev–Trinajstić information content (AvgIpc) is 2.17. The molecule has 1 rings (SSSR count). The van der Waals surface area contributed by atoms with Crippen LogP contribution in [0.3, 0.4) is 0 Å². The van der Waals surface area contributed by atoms with Gasteiger partial charge in [-0.05, 0) is 25.6 Å². The Morgan fingerprint density at radius 2 is 1.93 bits per heavy atom. The van der Waals surface area contributed by atoms with Crippen molar-refractivity contribution in [3.05, 3.63) is 41.5 Å². The van der Waals surface area contributed by atoms with Gasteiger partial charge in [0, 0.05) is 11.6 Å². The molecule has 0 aromatic heterocycles. The molecule has 0 spiro atoms. The summed E-state index contributed by atoms with van der Waals surface area (Å²) in [5.74, 6) is -1.06. The van der Waals surface area contributed by atoms with E-state index in [9.17, 15) is 8.78 Å². The molecule has 1 nitrogen and oxygen atoms in total. The second-order valence-corrected chi connectivity index (χ2v) is 3.34. The summed E-state index contributed by atoms with van der Waals surface area (Å²) in [6.45, 7) is 4.73. The van der Waals surface area contributed by atoms with E-state index in [0.29, 0.717) is 0 Å². The van der Waals surface area contributed by atoms with Crippen molar-refractivity contribution in [3.63, 3.8) is 0 Å². The van der Waals surface area contributed by atoms with E-state index in [-0.39, 0.29) is 11.6 Å². The highest BCUT2D eigenvalue weighted by atomic mass is 19.1. The summed E-state index contributed by atoms with van der Waals surface area (Å²) in [5, 5.41) is 3.12. The Labute approximate surface area is 88.8 Å². The van der Waals surface area contributed by atoms with E-state index in [0.717, 1.165) is 6.54 Å². The molecular weight excluding hydrogens is 196 g/mol. The van der Waals surface area contributed by atoms with Crippen molar-refractivity contribution in [3.8, 4) is 0 Å². The average molecular weight is 211 g/mol. The number of hydrogen-bond donors (Lipinski definition) is 1. The summed E-state index contributed by atoms with van der Waals surface area (Å²) < 4.78 is 26.4. The molecule has 0 aliphatic rings. The van der Waals surface area contributed by atoms with Crippen LogP contribution in [0, 0.1) is 11.6 Å². The van der Waals surface area contributed by atoms with E-state index in [1.807, 2.05) is 13.8 Å². The lowest BCUT2D eigenvalue weighted by Gasteiger charge is -2.06. The largest absolute Gasteiger partial charge is 0.311 e. The van der Waals surface area contributed by atoms with Gasteiger partial charge in [0.1, 0.15) is 11.6 Å². The minimum absolute atomic E-state index is 0.0160. The second kappa shape index (κ2) is 5.61. The Morgan fingerprint density at radius 1 is 1.33 bits per heavy atom. The third-order valence-corrected chi connectivity index (χ3v) is 2.08. The number of nitrogens with one attached hydrogen (secondary N) is 1. The van der Waals surface area contributed by atoms with Crippen LogP contribution in [0.5, 0.6) is 0 Å². The van der Waals surface area contributed by atoms with Crippen LogP contribution < -0.4 is 5.32 Å². The molecule has 0 aliphatic heterocycles. The highest BCUT2D eigenvalue weighted by Crippen LogP contribution is 2.13. The first-order chi connectivity index (χ1) is 7.15.